The highest BCUT2D eigenvalue weighted by Crippen LogP contribution is 2.36. The number of fused-ring (bicyclic) bond motifs is 1. The van der Waals surface area contributed by atoms with Crippen LogP contribution in [0.15, 0.2) is 41.5 Å². The fourth-order valence-corrected chi connectivity index (χ4v) is 3.77. The summed E-state index contributed by atoms with van der Waals surface area (Å²) in [4.78, 5) is 33.4. The van der Waals surface area contributed by atoms with Gasteiger partial charge in [0.15, 0.2) is 0 Å². The van der Waals surface area contributed by atoms with Crippen LogP contribution in [-0.2, 0) is 11.3 Å². The van der Waals surface area contributed by atoms with E-state index in [0.717, 1.165) is 24.8 Å². The summed E-state index contributed by atoms with van der Waals surface area (Å²) in [6, 6.07) is 7.02. The predicted octanol–water partition coefficient (Wildman–Crippen LogP) is 2.43. The van der Waals surface area contributed by atoms with Gasteiger partial charge in [-0.25, -0.2) is 9.97 Å². The first-order valence-electron chi connectivity index (χ1n) is 10.3. The van der Waals surface area contributed by atoms with Gasteiger partial charge >= 0.3 is 0 Å². The number of primary amides is 1. The number of aromatic nitrogens is 3. The number of anilines is 3. The van der Waals surface area contributed by atoms with Crippen molar-refractivity contribution in [3.63, 3.8) is 0 Å². The zero-order valence-corrected chi connectivity index (χ0v) is 17.6. The van der Waals surface area contributed by atoms with E-state index in [-0.39, 0.29) is 17.6 Å². The van der Waals surface area contributed by atoms with Crippen LogP contribution in [-0.4, -0.2) is 31.1 Å². The largest absolute Gasteiger partial charge is 0.389 e. The highest BCUT2D eigenvalue weighted by molar-refractivity contribution is 5.94. The molecule has 1 aliphatic carbocycles. The van der Waals surface area contributed by atoms with Gasteiger partial charge < -0.3 is 26.0 Å². The number of aliphatic hydroxyl groups is 1. The Bertz CT molecular complexity index is 1200. The van der Waals surface area contributed by atoms with E-state index in [4.69, 9.17) is 5.73 Å². The number of hydrogen-bond donors (Lipinski definition) is 4. The van der Waals surface area contributed by atoms with Crippen molar-refractivity contribution in [3.05, 3.63) is 52.6 Å². The number of hydrogen-bond acceptors (Lipinski definition) is 7. The van der Waals surface area contributed by atoms with Crippen molar-refractivity contribution in [1.29, 1.82) is 0 Å². The Morgan fingerprint density at radius 1 is 1.32 bits per heavy atom. The molecule has 0 aliphatic heterocycles. The fourth-order valence-electron chi connectivity index (χ4n) is 3.77. The molecule has 0 radical (unpaired) electrons. The van der Waals surface area contributed by atoms with E-state index in [0.29, 0.717) is 28.2 Å². The summed E-state index contributed by atoms with van der Waals surface area (Å²) in [5.74, 6) is 0.920. The molecule has 3 heterocycles. The van der Waals surface area contributed by atoms with E-state index in [1.807, 2.05) is 0 Å². The minimum atomic E-state index is -0.618. The van der Waals surface area contributed by atoms with Crippen LogP contribution in [0.5, 0.6) is 0 Å². The van der Waals surface area contributed by atoms with Crippen LogP contribution in [0.4, 0.5) is 17.5 Å². The van der Waals surface area contributed by atoms with E-state index in [9.17, 15) is 14.7 Å². The minimum Gasteiger partial charge on any atom is -0.389 e. The van der Waals surface area contributed by atoms with Crippen LogP contribution >= 0.6 is 0 Å². The molecule has 31 heavy (non-hydrogen) atoms. The van der Waals surface area contributed by atoms with Crippen molar-refractivity contribution < 1.29 is 9.90 Å². The number of nitrogens with one attached hydrogen (secondary N) is 2. The smallest absolute Gasteiger partial charge is 0.262 e. The average Bonchev–Trinajstić information content (AvgIpc) is 2.68. The number of nitrogens with two attached hydrogens (primary N) is 1. The first-order chi connectivity index (χ1) is 14.7. The van der Waals surface area contributed by atoms with Gasteiger partial charge in [-0.1, -0.05) is 0 Å². The number of rotatable bonds is 7. The SMILES string of the molecule is CC(O)c1ccnc(Nc2cc3ccn(CC(N)=O)c(=O)c3c(NC3(C)CCC3)n2)c1. The molecule has 3 aromatic rings. The van der Waals surface area contributed by atoms with Crippen LogP contribution < -0.4 is 21.9 Å². The third-order valence-electron chi connectivity index (χ3n) is 5.68. The molecule has 5 N–H and O–H groups in total. The number of amides is 1. The Hall–Kier alpha value is -3.46. The van der Waals surface area contributed by atoms with Crippen LogP contribution in [0, 0.1) is 0 Å². The van der Waals surface area contributed by atoms with Crippen molar-refractivity contribution in [2.24, 2.45) is 5.73 Å². The van der Waals surface area contributed by atoms with Crippen LogP contribution in [0.1, 0.15) is 44.8 Å². The van der Waals surface area contributed by atoms with Gasteiger partial charge in [-0.15, -0.1) is 0 Å². The summed E-state index contributed by atoms with van der Waals surface area (Å²) in [5, 5.41) is 17.5. The van der Waals surface area contributed by atoms with Crippen LogP contribution in [0.3, 0.4) is 0 Å². The number of carbonyl (C=O) groups excluding carboxylic acids is 1. The van der Waals surface area contributed by atoms with Gasteiger partial charge in [0, 0.05) is 17.9 Å². The quantitative estimate of drug-likeness (QED) is 0.459. The molecule has 1 saturated carbocycles. The third-order valence-corrected chi connectivity index (χ3v) is 5.68. The topological polar surface area (TPSA) is 135 Å². The second-order valence-electron chi connectivity index (χ2n) is 8.35. The van der Waals surface area contributed by atoms with E-state index >= 15 is 0 Å². The highest BCUT2D eigenvalue weighted by Gasteiger charge is 2.32. The van der Waals surface area contributed by atoms with Gasteiger partial charge in [0.1, 0.15) is 24.0 Å². The first-order valence-corrected chi connectivity index (χ1v) is 10.3. The maximum Gasteiger partial charge on any atom is 0.262 e. The predicted molar refractivity (Wildman–Crippen MR) is 119 cm³/mol. The van der Waals surface area contributed by atoms with Gasteiger partial charge in [0.25, 0.3) is 5.56 Å². The molecule has 0 spiro atoms. The molecule has 9 heteroatoms. The minimum absolute atomic E-state index is 0.139. The molecule has 4 rings (SSSR count). The van der Waals surface area contributed by atoms with Gasteiger partial charge in [-0.2, -0.15) is 0 Å². The molecular weight excluding hydrogens is 396 g/mol. The van der Waals surface area contributed by atoms with Crippen molar-refractivity contribution in [1.82, 2.24) is 14.5 Å². The summed E-state index contributed by atoms with van der Waals surface area (Å²) >= 11 is 0. The Kier molecular flexibility index (Phi) is 5.36. The Morgan fingerprint density at radius 3 is 2.74 bits per heavy atom. The molecule has 0 bridgehead atoms. The summed E-state index contributed by atoms with van der Waals surface area (Å²) in [5.41, 5.74) is 5.55. The maximum absolute atomic E-state index is 13.1. The molecular formula is C22H26N6O3. The highest BCUT2D eigenvalue weighted by atomic mass is 16.3. The second kappa shape index (κ2) is 7.99. The zero-order valence-electron chi connectivity index (χ0n) is 17.6. The lowest BCUT2D eigenvalue weighted by Crippen LogP contribution is -2.42. The molecule has 1 atom stereocenters. The summed E-state index contributed by atoms with van der Waals surface area (Å²) in [6.07, 6.45) is 5.62. The Morgan fingerprint density at radius 2 is 2.10 bits per heavy atom. The molecule has 3 aromatic heterocycles. The van der Waals surface area contributed by atoms with E-state index in [2.05, 4.69) is 27.5 Å². The average molecular weight is 422 g/mol. The standard InChI is InChI=1S/C22H26N6O3/c1-13(29)14-4-8-24-17(10-14)25-18-11-15-5-9-28(12-16(23)30)21(31)19(15)20(26-18)27-22(2)6-3-7-22/h4-5,8-11,13,29H,3,6-7,12H2,1-2H3,(H2,23,30)(H2,24,25,26,27). The first kappa shape index (κ1) is 20.8. The molecule has 162 valence electrons. The molecule has 1 amide bonds. The summed E-state index contributed by atoms with van der Waals surface area (Å²) in [7, 11) is 0. The zero-order chi connectivity index (χ0) is 22.2. The third kappa shape index (κ3) is 4.36. The molecule has 0 aromatic carbocycles. The number of pyridine rings is 3. The Labute approximate surface area is 179 Å². The second-order valence-corrected chi connectivity index (χ2v) is 8.35. The monoisotopic (exact) mass is 422 g/mol. The summed E-state index contributed by atoms with van der Waals surface area (Å²) < 4.78 is 1.29. The lowest BCUT2D eigenvalue weighted by Gasteiger charge is -2.39. The molecule has 0 saturated heterocycles. The molecule has 9 nitrogen and oxygen atoms in total. The van der Waals surface area contributed by atoms with Gasteiger partial charge in [0.2, 0.25) is 5.91 Å². The van der Waals surface area contributed by atoms with Crippen molar-refractivity contribution in [2.45, 2.75) is 51.3 Å². The van der Waals surface area contributed by atoms with Crippen LogP contribution in [0.2, 0.25) is 0 Å². The lowest BCUT2D eigenvalue weighted by molar-refractivity contribution is -0.118. The van der Waals surface area contributed by atoms with Gasteiger partial charge in [-0.05, 0) is 68.3 Å². The van der Waals surface area contributed by atoms with Crippen molar-refractivity contribution in [2.75, 3.05) is 10.6 Å². The van der Waals surface area contributed by atoms with Crippen molar-refractivity contribution >= 4 is 34.1 Å². The number of nitrogens with zero attached hydrogens (tertiary/aromatic N) is 3. The van der Waals surface area contributed by atoms with E-state index in [1.54, 1.807) is 43.6 Å². The summed E-state index contributed by atoms with van der Waals surface area (Å²) in [6.45, 7) is 3.59. The Balaban J connectivity index is 1.79. The van der Waals surface area contributed by atoms with Crippen LogP contribution in [0.25, 0.3) is 10.8 Å². The van der Waals surface area contributed by atoms with E-state index < -0.39 is 12.0 Å². The maximum atomic E-state index is 13.1. The van der Waals surface area contributed by atoms with Gasteiger partial charge in [0.05, 0.1) is 11.5 Å². The normalized spacial score (nSPS) is 15.8. The van der Waals surface area contributed by atoms with Crippen molar-refractivity contribution in [3.8, 4) is 0 Å². The molecule has 1 unspecified atom stereocenters. The van der Waals surface area contributed by atoms with E-state index in [1.165, 1.54) is 4.57 Å². The fraction of sp³-hybridized carbons (Fsp3) is 0.364. The molecule has 1 fully saturated rings. The number of aliphatic hydroxyl groups excluding tert-OH is 1. The lowest BCUT2D eigenvalue weighted by atomic mass is 9.78. The molecule has 1 aliphatic rings. The number of carbonyl (C=O) groups is 1. The van der Waals surface area contributed by atoms with Gasteiger partial charge in [-0.3, -0.25) is 9.59 Å².